The normalized spacial score (nSPS) is 12.0. The monoisotopic (exact) mass is 499 g/mol. The third-order valence-electron chi connectivity index (χ3n) is 5.30. The molecule has 1 heterocycles. The molecule has 7 nitrogen and oxygen atoms in total. The number of halogens is 1. The van der Waals surface area contributed by atoms with Gasteiger partial charge in [0.15, 0.2) is 11.0 Å². The predicted molar refractivity (Wildman–Crippen MR) is 137 cm³/mol. The van der Waals surface area contributed by atoms with E-state index in [1.807, 2.05) is 43.7 Å². The molecular weight excluding hydrogens is 470 g/mol. The fourth-order valence-corrected chi connectivity index (χ4v) is 4.55. The molecule has 9 heteroatoms. The number of aryl methyl sites for hydroxylation is 2. The number of anilines is 1. The van der Waals surface area contributed by atoms with E-state index in [0.29, 0.717) is 33.9 Å². The third kappa shape index (κ3) is 6.61. The second kappa shape index (κ2) is 11.5. The Morgan fingerprint density at radius 3 is 2.53 bits per heavy atom. The van der Waals surface area contributed by atoms with Gasteiger partial charge in [-0.25, -0.2) is 0 Å². The summed E-state index contributed by atoms with van der Waals surface area (Å²) in [5.74, 6) is 0.757. The van der Waals surface area contributed by atoms with Crippen molar-refractivity contribution in [2.45, 2.75) is 45.3 Å². The van der Waals surface area contributed by atoms with Crippen LogP contribution in [0.4, 0.5) is 5.69 Å². The summed E-state index contributed by atoms with van der Waals surface area (Å²) >= 11 is 7.50. The topological polar surface area (TPSA) is 88.9 Å². The molecule has 3 rings (SSSR count). The summed E-state index contributed by atoms with van der Waals surface area (Å²) < 4.78 is 1.83. The molecule has 3 aromatic rings. The molecule has 1 unspecified atom stereocenters. The lowest BCUT2D eigenvalue weighted by Gasteiger charge is -2.20. The van der Waals surface area contributed by atoms with Crippen LogP contribution in [0, 0.1) is 19.8 Å². The van der Waals surface area contributed by atoms with Gasteiger partial charge in [0.05, 0.1) is 22.4 Å². The molecule has 2 N–H and O–H groups in total. The van der Waals surface area contributed by atoms with Crippen LogP contribution in [0.25, 0.3) is 0 Å². The number of amides is 2. The summed E-state index contributed by atoms with van der Waals surface area (Å²) in [6, 6.07) is 12.5. The molecule has 2 aromatic carbocycles. The van der Waals surface area contributed by atoms with Crippen LogP contribution in [0.2, 0.25) is 5.02 Å². The quantitative estimate of drug-likeness (QED) is 0.388. The minimum absolute atomic E-state index is 0.118. The Labute approximate surface area is 209 Å². The van der Waals surface area contributed by atoms with Crippen molar-refractivity contribution in [1.82, 2.24) is 20.1 Å². The van der Waals surface area contributed by atoms with Crippen LogP contribution >= 0.6 is 23.4 Å². The van der Waals surface area contributed by atoms with Gasteiger partial charge < -0.3 is 15.2 Å². The van der Waals surface area contributed by atoms with Crippen molar-refractivity contribution in [3.63, 3.8) is 0 Å². The molecule has 0 radical (unpaired) electrons. The number of hydrogen-bond donors (Lipinski definition) is 2. The Morgan fingerprint density at radius 2 is 1.85 bits per heavy atom. The lowest BCUT2D eigenvalue weighted by Crippen LogP contribution is -2.31. The molecule has 1 aromatic heterocycles. The number of nitrogens with zero attached hydrogens (tertiary/aromatic N) is 3. The van der Waals surface area contributed by atoms with E-state index in [4.69, 9.17) is 11.6 Å². The molecule has 1 atom stereocenters. The van der Waals surface area contributed by atoms with Gasteiger partial charge in [0, 0.05) is 12.7 Å². The molecule has 0 fully saturated rings. The highest BCUT2D eigenvalue weighted by molar-refractivity contribution is 7.99. The second-order valence-corrected chi connectivity index (χ2v) is 10.0. The summed E-state index contributed by atoms with van der Waals surface area (Å²) in [5.41, 5.74) is 3.38. The van der Waals surface area contributed by atoms with Crippen LogP contribution in [0.1, 0.15) is 53.6 Å². The Balaban J connectivity index is 1.69. The molecule has 0 aliphatic heterocycles. The van der Waals surface area contributed by atoms with Gasteiger partial charge in [-0.1, -0.05) is 67.0 Å². The highest BCUT2D eigenvalue weighted by Crippen LogP contribution is 2.25. The molecule has 34 heavy (non-hydrogen) atoms. The van der Waals surface area contributed by atoms with E-state index in [0.717, 1.165) is 16.8 Å². The standard InChI is InChI=1S/C25H30ClN5O2S/c1-15(2)12-21(28-24(33)18-8-6-7-9-19(18)26)23-29-30-25(31(23)5)34-14-22(32)27-20-11-10-16(3)13-17(20)4/h6-11,13,15,21H,12,14H2,1-5H3,(H,27,32)(H,28,33). The molecule has 0 saturated heterocycles. The van der Waals surface area contributed by atoms with Crippen molar-refractivity contribution in [2.24, 2.45) is 13.0 Å². The number of nitrogens with one attached hydrogen (secondary N) is 2. The molecule has 0 bridgehead atoms. The number of hydrogen-bond acceptors (Lipinski definition) is 5. The third-order valence-corrected chi connectivity index (χ3v) is 6.65. The van der Waals surface area contributed by atoms with Crippen LogP contribution in [0.5, 0.6) is 0 Å². The van der Waals surface area contributed by atoms with Crippen molar-refractivity contribution in [3.05, 3.63) is 70.0 Å². The van der Waals surface area contributed by atoms with Crippen molar-refractivity contribution in [2.75, 3.05) is 11.1 Å². The van der Waals surface area contributed by atoms with Crippen LogP contribution < -0.4 is 10.6 Å². The first-order valence-corrected chi connectivity index (χ1v) is 12.5. The number of thioether (sulfide) groups is 1. The number of carbonyl (C=O) groups excluding carboxylic acids is 2. The van der Waals surface area contributed by atoms with Gasteiger partial charge in [-0.2, -0.15) is 0 Å². The van der Waals surface area contributed by atoms with Crippen LogP contribution in [-0.4, -0.2) is 32.3 Å². The Bertz CT molecular complexity index is 1180. The maximum atomic E-state index is 12.9. The van der Waals surface area contributed by atoms with Crippen molar-refractivity contribution in [3.8, 4) is 0 Å². The molecule has 0 aliphatic rings. The summed E-state index contributed by atoms with van der Waals surface area (Å²) in [6.07, 6.45) is 0.681. The van der Waals surface area contributed by atoms with E-state index in [9.17, 15) is 9.59 Å². The number of benzene rings is 2. The van der Waals surface area contributed by atoms with E-state index in [-0.39, 0.29) is 23.6 Å². The van der Waals surface area contributed by atoms with E-state index >= 15 is 0 Å². The Morgan fingerprint density at radius 1 is 1.12 bits per heavy atom. The van der Waals surface area contributed by atoms with Crippen molar-refractivity contribution < 1.29 is 9.59 Å². The van der Waals surface area contributed by atoms with Gasteiger partial charge in [0.2, 0.25) is 5.91 Å². The highest BCUT2D eigenvalue weighted by Gasteiger charge is 2.24. The number of aromatic nitrogens is 3. The maximum Gasteiger partial charge on any atom is 0.253 e. The SMILES string of the molecule is Cc1ccc(NC(=O)CSc2nnc(C(CC(C)C)NC(=O)c3ccccc3Cl)n2C)c(C)c1. The highest BCUT2D eigenvalue weighted by atomic mass is 35.5. The summed E-state index contributed by atoms with van der Waals surface area (Å²) in [5, 5.41) is 15.6. The van der Waals surface area contributed by atoms with Gasteiger partial charge in [0.1, 0.15) is 0 Å². The average molecular weight is 500 g/mol. The fourth-order valence-electron chi connectivity index (χ4n) is 3.61. The maximum absolute atomic E-state index is 12.9. The lowest BCUT2D eigenvalue weighted by atomic mass is 10.0. The van der Waals surface area contributed by atoms with Crippen LogP contribution in [0.15, 0.2) is 47.6 Å². The summed E-state index contributed by atoms with van der Waals surface area (Å²) in [4.78, 5) is 25.4. The molecular formula is C25H30ClN5O2S. The van der Waals surface area contributed by atoms with Gasteiger partial charge in [0.25, 0.3) is 5.91 Å². The fraction of sp³-hybridized carbons (Fsp3) is 0.360. The van der Waals surface area contributed by atoms with Crippen molar-refractivity contribution >= 4 is 40.9 Å². The smallest absolute Gasteiger partial charge is 0.253 e. The molecule has 0 saturated carbocycles. The van der Waals surface area contributed by atoms with Crippen LogP contribution in [-0.2, 0) is 11.8 Å². The Hall–Kier alpha value is -2.84. The summed E-state index contributed by atoms with van der Waals surface area (Å²) in [7, 11) is 1.84. The van der Waals surface area contributed by atoms with Gasteiger partial charge >= 0.3 is 0 Å². The van der Waals surface area contributed by atoms with Crippen LogP contribution in [0.3, 0.4) is 0 Å². The lowest BCUT2D eigenvalue weighted by molar-refractivity contribution is -0.113. The first kappa shape index (κ1) is 25.8. The average Bonchev–Trinajstić information content (AvgIpc) is 3.14. The van der Waals surface area contributed by atoms with E-state index in [1.54, 1.807) is 24.3 Å². The van der Waals surface area contributed by atoms with Gasteiger partial charge in [-0.3, -0.25) is 9.59 Å². The minimum Gasteiger partial charge on any atom is -0.342 e. The largest absolute Gasteiger partial charge is 0.342 e. The van der Waals surface area contributed by atoms with Gasteiger partial charge in [-0.15, -0.1) is 10.2 Å². The zero-order valence-corrected chi connectivity index (χ0v) is 21.6. The van der Waals surface area contributed by atoms with Gasteiger partial charge in [-0.05, 0) is 49.9 Å². The number of carbonyl (C=O) groups is 2. The van der Waals surface area contributed by atoms with E-state index in [2.05, 4.69) is 34.7 Å². The van der Waals surface area contributed by atoms with E-state index < -0.39 is 0 Å². The molecule has 0 spiro atoms. The van der Waals surface area contributed by atoms with E-state index in [1.165, 1.54) is 11.8 Å². The Kier molecular flexibility index (Phi) is 8.74. The first-order valence-electron chi connectivity index (χ1n) is 11.1. The summed E-state index contributed by atoms with van der Waals surface area (Å²) in [6.45, 7) is 8.15. The predicted octanol–water partition coefficient (Wildman–Crippen LogP) is 5.33. The van der Waals surface area contributed by atoms with Crippen molar-refractivity contribution in [1.29, 1.82) is 0 Å². The second-order valence-electron chi connectivity index (χ2n) is 8.69. The zero-order valence-electron chi connectivity index (χ0n) is 20.1. The zero-order chi connectivity index (χ0) is 24.8. The first-order chi connectivity index (χ1) is 16.2. The molecule has 2 amide bonds. The molecule has 180 valence electrons. The molecule has 0 aliphatic carbocycles. The minimum atomic E-state index is -0.348. The number of rotatable bonds is 9.